The zero-order valence-corrected chi connectivity index (χ0v) is 33.9. The predicted octanol–water partition coefficient (Wildman–Crippen LogP) is 4.90. The Morgan fingerprint density at radius 3 is 2.55 bits per heavy atom. The lowest BCUT2D eigenvalue weighted by Crippen LogP contribution is -2.59. The standard InChI is InChI=1S/C45H51F2N9O4/c1-26-16-32-30-4-2-3-5-34(30)50-39(32)40(55(26)22-37(46)47)28-17-48-44(49-18-28)53-24-45(25-53)12-10-27(11-13-45)19-52-14-15-54-29(20-52)23-60-41-33-21-56(36-8-9-38(57)51-42(36)58)43(59)31(33)6-7-35(41)54/h2-7,17-18,26-27,29,36-37,40,50H,8-16,19-25H2,1H3,(H,51,57,58)/t26-,29+,36?,40-/m1/s1. The number of benzene rings is 2. The summed E-state index contributed by atoms with van der Waals surface area (Å²) in [4.78, 5) is 61.7. The molecule has 3 amide bonds. The number of hydrogen-bond donors (Lipinski definition) is 2. The number of piperidine rings is 1. The van der Waals surface area contributed by atoms with E-state index in [1.54, 1.807) is 4.90 Å². The summed E-state index contributed by atoms with van der Waals surface area (Å²) in [5.74, 6) is 1.25. The molecule has 8 heterocycles. The van der Waals surface area contributed by atoms with Crippen LogP contribution in [0.25, 0.3) is 10.9 Å². The molecule has 1 unspecified atom stereocenters. The van der Waals surface area contributed by atoms with Gasteiger partial charge < -0.3 is 24.4 Å². The second kappa shape index (κ2) is 14.5. The number of alkyl halides is 2. The fourth-order valence-electron chi connectivity index (χ4n) is 11.7. The summed E-state index contributed by atoms with van der Waals surface area (Å²) in [7, 11) is 0. The van der Waals surface area contributed by atoms with Crippen LogP contribution in [0.5, 0.6) is 5.75 Å². The first-order chi connectivity index (χ1) is 29.1. The molecule has 6 aliphatic heterocycles. The van der Waals surface area contributed by atoms with Crippen molar-refractivity contribution in [3.63, 3.8) is 0 Å². The van der Waals surface area contributed by atoms with E-state index in [1.807, 2.05) is 54.5 Å². The smallest absolute Gasteiger partial charge is 0.255 e. The molecule has 4 aromatic rings. The number of para-hydroxylation sites is 1. The van der Waals surface area contributed by atoms with Crippen molar-refractivity contribution in [1.29, 1.82) is 0 Å². The van der Waals surface area contributed by atoms with Gasteiger partial charge in [0.15, 0.2) is 0 Å². The number of halogens is 2. The molecule has 11 rings (SSSR count). The molecular weight excluding hydrogens is 769 g/mol. The van der Waals surface area contributed by atoms with Crippen LogP contribution in [0, 0.1) is 11.3 Å². The van der Waals surface area contributed by atoms with Crippen LogP contribution in [-0.2, 0) is 22.6 Å². The van der Waals surface area contributed by atoms with Crippen molar-refractivity contribution in [2.45, 2.75) is 89.0 Å². The average Bonchev–Trinajstić information content (AvgIpc) is 3.77. The Balaban J connectivity index is 0.691. The fourth-order valence-corrected chi connectivity index (χ4v) is 11.7. The van der Waals surface area contributed by atoms with E-state index in [1.165, 1.54) is 31.2 Å². The van der Waals surface area contributed by atoms with Gasteiger partial charge in [-0.15, -0.1) is 0 Å². The number of nitrogens with zero attached hydrogens (tertiary/aromatic N) is 7. The minimum atomic E-state index is -2.44. The number of hydrogen-bond acceptors (Lipinski definition) is 10. The molecule has 1 spiro atoms. The van der Waals surface area contributed by atoms with Crippen LogP contribution >= 0.6 is 0 Å². The molecular formula is C45H51F2N9O4. The number of carbonyl (C=O) groups is 3. The van der Waals surface area contributed by atoms with E-state index in [0.717, 1.165) is 78.4 Å². The monoisotopic (exact) mass is 819 g/mol. The maximum absolute atomic E-state index is 13.9. The number of imide groups is 1. The summed E-state index contributed by atoms with van der Waals surface area (Å²) < 4.78 is 34.2. The van der Waals surface area contributed by atoms with Gasteiger partial charge in [0.25, 0.3) is 12.3 Å². The average molecular weight is 820 g/mol. The van der Waals surface area contributed by atoms with Gasteiger partial charge in [0, 0.05) is 103 Å². The van der Waals surface area contributed by atoms with Crippen molar-refractivity contribution in [3.05, 3.63) is 76.7 Å². The summed E-state index contributed by atoms with van der Waals surface area (Å²) in [6, 6.07) is 11.2. The van der Waals surface area contributed by atoms with E-state index in [4.69, 9.17) is 14.7 Å². The molecule has 314 valence electrons. The quantitative estimate of drug-likeness (QED) is 0.249. The normalized spacial score (nSPS) is 26.8. The van der Waals surface area contributed by atoms with E-state index < -0.39 is 18.4 Å². The molecule has 2 aromatic carbocycles. The number of carbonyl (C=O) groups excluding carboxylic acids is 3. The van der Waals surface area contributed by atoms with Gasteiger partial charge in [-0.25, -0.2) is 18.7 Å². The lowest BCUT2D eigenvalue weighted by Gasteiger charge is -2.54. The van der Waals surface area contributed by atoms with Crippen LogP contribution in [0.15, 0.2) is 48.8 Å². The van der Waals surface area contributed by atoms with Gasteiger partial charge >= 0.3 is 0 Å². The molecule has 1 aliphatic carbocycles. The van der Waals surface area contributed by atoms with E-state index >= 15 is 0 Å². The Kier molecular flexibility index (Phi) is 9.14. The van der Waals surface area contributed by atoms with Crippen molar-refractivity contribution < 1.29 is 27.9 Å². The molecule has 1 saturated carbocycles. The van der Waals surface area contributed by atoms with Crippen LogP contribution < -0.4 is 19.9 Å². The van der Waals surface area contributed by atoms with Gasteiger partial charge in [-0.2, -0.15) is 0 Å². The van der Waals surface area contributed by atoms with Gasteiger partial charge in [-0.3, -0.25) is 29.5 Å². The van der Waals surface area contributed by atoms with E-state index in [0.29, 0.717) is 48.8 Å². The molecule has 60 heavy (non-hydrogen) atoms. The highest BCUT2D eigenvalue weighted by Gasteiger charge is 2.47. The molecule has 2 N–H and O–H groups in total. The van der Waals surface area contributed by atoms with Crippen molar-refractivity contribution >= 4 is 40.3 Å². The molecule has 0 radical (unpaired) electrons. The Morgan fingerprint density at radius 1 is 0.967 bits per heavy atom. The number of piperazine rings is 1. The third kappa shape index (κ3) is 6.33. The predicted molar refractivity (Wildman–Crippen MR) is 220 cm³/mol. The van der Waals surface area contributed by atoms with Crippen molar-refractivity contribution in [1.82, 2.24) is 35.0 Å². The van der Waals surface area contributed by atoms with Gasteiger partial charge in [-0.05, 0) is 75.1 Å². The SMILES string of the molecule is C[C@@H]1Cc2c([nH]c3ccccc23)[C@@H](c2cnc(N3CC4(CCC(CN5CCN6c7ccc8c(c7OC[C@@H]6C5)CN(C5CCC(=O)NC5=O)C8=O)CC4)C3)nc2)N1CC(F)F. The van der Waals surface area contributed by atoms with Crippen molar-refractivity contribution in [3.8, 4) is 5.75 Å². The van der Waals surface area contributed by atoms with Crippen molar-refractivity contribution in [2.24, 2.45) is 11.3 Å². The van der Waals surface area contributed by atoms with Gasteiger partial charge in [-0.1, -0.05) is 18.2 Å². The zero-order valence-electron chi connectivity index (χ0n) is 33.9. The lowest BCUT2D eigenvalue weighted by molar-refractivity contribution is -0.136. The summed E-state index contributed by atoms with van der Waals surface area (Å²) in [5.41, 5.74) is 6.76. The second-order valence-electron chi connectivity index (χ2n) is 18.5. The second-order valence-corrected chi connectivity index (χ2v) is 18.5. The molecule has 3 saturated heterocycles. The first-order valence-corrected chi connectivity index (χ1v) is 21.7. The van der Waals surface area contributed by atoms with Gasteiger partial charge in [0.05, 0.1) is 30.9 Å². The Labute approximate surface area is 347 Å². The van der Waals surface area contributed by atoms with E-state index in [-0.39, 0.29) is 42.9 Å². The summed E-state index contributed by atoms with van der Waals surface area (Å²) in [6.45, 7) is 8.36. The Bertz CT molecular complexity index is 2360. The first-order valence-electron chi connectivity index (χ1n) is 21.7. The lowest BCUT2D eigenvalue weighted by atomic mass is 9.66. The molecule has 2 aromatic heterocycles. The molecule has 4 atom stereocenters. The molecule has 4 fully saturated rings. The van der Waals surface area contributed by atoms with Gasteiger partial charge in [0.1, 0.15) is 18.4 Å². The first kappa shape index (κ1) is 37.8. The van der Waals surface area contributed by atoms with Crippen LogP contribution in [-0.4, -0.2) is 124 Å². The molecule has 15 heteroatoms. The number of H-pyrrole nitrogens is 1. The number of fused-ring (bicyclic) bond motifs is 8. The Hall–Kier alpha value is -5.15. The fraction of sp³-hybridized carbons (Fsp3) is 0.533. The molecule has 0 bridgehead atoms. The van der Waals surface area contributed by atoms with E-state index in [2.05, 4.69) is 31.1 Å². The third-order valence-corrected chi connectivity index (χ3v) is 14.8. The highest BCUT2D eigenvalue weighted by atomic mass is 19.3. The summed E-state index contributed by atoms with van der Waals surface area (Å²) in [6.07, 6.45) is 7.33. The number of aromatic amines is 1. The highest BCUT2D eigenvalue weighted by Crippen LogP contribution is 2.48. The largest absolute Gasteiger partial charge is 0.489 e. The minimum absolute atomic E-state index is 0.0534. The van der Waals surface area contributed by atoms with Gasteiger partial charge in [0.2, 0.25) is 17.8 Å². The van der Waals surface area contributed by atoms with Crippen molar-refractivity contribution in [2.75, 3.05) is 62.2 Å². The Morgan fingerprint density at radius 2 is 1.77 bits per heavy atom. The maximum Gasteiger partial charge on any atom is 0.255 e. The van der Waals surface area contributed by atoms with Crippen LogP contribution in [0.1, 0.15) is 84.2 Å². The van der Waals surface area contributed by atoms with Crippen LogP contribution in [0.3, 0.4) is 0 Å². The van der Waals surface area contributed by atoms with E-state index in [9.17, 15) is 23.2 Å². The topological polar surface area (TPSA) is 130 Å². The van der Waals surface area contributed by atoms with Crippen LogP contribution in [0.2, 0.25) is 0 Å². The minimum Gasteiger partial charge on any atom is -0.489 e. The number of ether oxygens (including phenoxy) is 1. The van der Waals surface area contributed by atoms with Crippen LogP contribution in [0.4, 0.5) is 20.4 Å². The summed E-state index contributed by atoms with van der Waals surface area (Å²) >= 11 is 0. The maximum atomic E-state index is 13.9. The number of nitrogens with one attached hydrogen (secondary N) is 2. The molecule has 7 aliphatic rings. The third-order valence-electron chi connectivity index (χ3n) is 14.8. The summed E-state index contributed by atoms with van der Waals surface area (Å²) in [5, 5.41) is 3.54. The molecule has 13 nitrogen and oxygen atoms in total. The number of anilines is 2. The number of amides is 3. The highest BCUT2D eigenvalue weighted by molar-refractivity contribution is 6.06. The number of rotatable bonds is 7. The zero-order chi connectivity index (χ0) is 40.9. The number of aromatic nitrogens is 3.